The molecular weight excluding hydrogens is 368 g/mol. The summed E-state index contributed by atoms with van der Waals surface area (Å²) in [5.41, 5.74) is 1.73. The van der Waals surface area contributed by atoms with E-state index in [0.29, 0.717) is 12.1 Å². The van der Waals surface area contributed by atoms with Crippen LogP contribution in [-0.4, -0.2) is 44.6 Å². The fourth-order valence-electron chi connectivity index (χ4n) is 2.66. The largest absolute Gasteiger partial charge is 0.506 e. The number of ether oxygens (including phenoxy) is 1. The van der Waals surface area contributed by atoms with Gasteiger partial charge < -0.3 is 20.3 Å². The lowest BCUT2D eigenvalue weighted by Gasteiger charge is -2.21. The van der Waals surface area contributed by atoms with Crippen molar-refractivity contribution in [1.29, 1.82) is 0 Å². The zero-order valence-corrected chi connectivity index (χ0v) is 16.5. The molecule has 0 amide bonds. The lowest BCUT2D eigenvalue weighted by atomic mass is 10.0. The summed E-state index contributed by atoms with van der Waals surface area (Å²) < 4.78 is 29.9. The van der Waals surface area contributed by atoms with Gasteiger partial charge in [-0.1, -0.05) is 18.2 Å². The Morgan fingerprint density at radius 2 is 1.81 bits per heavy atom. The summed E-state index contributed by atoms with van der Waals surface area (Å²) in [6.07, 6.45) is 0.951. The molecule has 7 nitrogen and oxygen atoms in total. The minimum Gasteiger partial charge on any atom is -0.506 e. The van der Waals surface area contributed by atoms with Crippen LogP contribution in [0, 0.1) is 0 Å². The van der Waals surface area contributed by atoms with Gasteiger partial charge in [0.05, 0.1) is 25.2 Å². The Bertz CT molecular complexity index is 853. The van der Waals surface area contributed by atoms with Gasteiger partial charge >= 0.3 is 0 Å². The molecule has 0 bridgehead atoms. The van der Waals surface area contributed by atoms with Crippen LogP contribution >= 0.6 is 0 Å². The van der Waals surface area contributed by atoms with Crippen LogP contribution in [0.5, 0.6) is 11.5 Å². The summed E-state index contributed by atoms with van der Waals surface area (Å²) in [5.74, 6) is 0.575. The minimum atomic E-state index is -3.48. The van der Waals surface area contributed by atoms with Gasteiger partial charge in [0.15, 0.2) is 0 Å². The van der Waals surface area contributed by atoms with Crippen molar-refractivity contribution in [1.82, 2.24) is 5.32 Å². The zero-order valence-electron chi connectivity index (χ0n) is 15.6. The SMILES string of the molecule is COc1ccc(CCN[C@H](C)[C@H](O)c2ccc(NS(C)(=O)=O)c(O)c2)cc1. The number of hydrogen-bond donors (Lipinski definition) is 4. The molecule has 2 aromatic carbocycles. The average molecular weight is 394 g/mol. The summed E-state index contributed by atoms with van der Waals surface area (Å²) in [6.45, 7) is 2.52. The number of phenolic OH excluding ortho intramolecular Hbond substituents is 1. The van der Waals surface area contributed by atoms with Crippen molar-refractivity contribution in [3.8, 4) is 11.5 Å². The van der Waals surface area contributed by atoms with Crippen LogP contribution in [-0.2, 0) is 16.4 Å². The second-order valence-corrected chi connectivity index (χ2v) is 8.18. The number of sulfonamides is 1. The van der Waals surface area contributed by atoms with E-state index in [2.05, 4.69) is 10.0 Å². The van der Waals surface area contributed by atoms with Gasteiger partial charge in [-0.3, -0.25) is 4.72 Å². The average Bonchev–Trinajstić information content (AvgIpc) is 2.62. The van der Waals surface area contributed by atoms with Gasteiger partial charge in [-0.25, -0.2) is 8.42 Å². The van der Waals surface area contributed by atoms with Crippen LogP contribution in [0.2, 0.25) is 0 Å². The molecule has 148 valence electrons. The van der Waals surface area contributed by atoms with E-state index < -0.39 is 16.1 Å². The highest BCUT2D eigenvalue weighted by Crippen LogP contribution is 2.29. The van der Waals surface area contributed by atoms with Crippen molar-refractivity contribution in [3.63, 3.8) is 0 Å². The number of hydrogen-bond acceptors (Lipinski definition) is 6. The maximum Gasteiger partial charge on any atom is 0.229 e. The molecule has 0 fully saturated rings. The standard InChI is InChI=1S/C19H26N2O5S/c1-13(20-11-10-14-4-7-16(26-2)8-5-14)19(23)15-6-9-17(18(22)12-15)21-27(3,24)25/h4-9,12-13,19-23H,10-11H2,1-3H3/t13-,19+/m1/s1. The normalized spacial score (nSPS) is 13.8. The quantitative estimate of drug-likeness (QED) is 0.485. The zero-order chi connectivity index (χ0) is 20.0. The molecule has 0 saturated heterocycles. The second kappa shape index (κ2) is 9.07. The lowest BCUT2D eigenvalue weighted by molar-refractivity contribution is 0.136. The number of aliphatic hydroxyl groups is 1. The first-order chi connectivity index (χ1) is 12.7. The van der Waals surface area contributed by atoms with Crippen LogP contribution in [0.3, 0.4) is 0 Å². The van der Waals surface area contributed by atoms with Crippen molar-refractivity contribution in [2.45, 2.75) is 25.5 Å². The maximum absolute atomic E-state index is 11.3. The van der Waals surface area contributed by atoms with Gasteiger partial charge in [0.2, 0.25) is 10.0 Å². The number of methoxy groups -OCH3 is 1. The monoisotopic (exact) mass is 394 g/mol. The number of anilines is 1. The topological polar surface area (TPSA) is 108 Å². The molecule has 0 saturated carbocycles. The summed E-state index contributed by atoms with van der Waals surface area (Å²) in [5, 5.41) is 23.7. The van der Waals surface area contributed by atoms with Crippen LogP contribution in [0.1, 0.15) is 24.2 Å². The highest BCUT2D eigenvalue weighted by molar-refractivity contribution is 7.92. The predicted molar refractivity (Wildman–Crippen MR) is 106 cm³/mol. The van der Waals surface area contributed by atoms with E-state index in [1.165, 1.54) is 12.1 Å². The Morgan fingerprint density at radius 3 is 2.37 bits per heavy atom. The van der Waals surface area contributed by atoms with E-state index >= 15 is 0 Å². The Morgan fingerprint density at radius 1 is 1.15 bits per heavy atom. The minimum absolute atomic E-state index is 0.0774. The van der Waals surface area contributed by atoms with E-state index in [1.54, 1.807) is 13.2 Å². The van der Waals surface area contributed by atoms with Crippen molar-refractivity contribution >= 4 is 15.7 Å². The van der Waals surface area contributed by atoms with Gasteiger partial charge in [0.25, 0.3) is 0 Å². The molecule has 0 aliphatic rings. The fourth-order valence-corrected chi connectivity index (χ4v) is 3.23. The molecule has 0 aliphatic heterocycles. The molecule has 2 aromatic rings. The van der Waals surface area contributed by atoms with Gasteiger partial charge in [-0.15, -0.1) is 0 Å². The summed E-state index contributed by atoms with van der Waals surface area (Å²) >= 11 is 0. The third-order valence-electron chi connectivity index (χ3n) is 4.17. The predicted octanol–water partition coefficient (Wildman–Crippen LogP) is 2.03. The second-order valence-electron chi connectivity index (χ2n) is 6.44. The third kappa shape index (κ3) is 6.42. The number of aromatic hydroxyl groups is 1. The number of rotatable bonds is 9. The van der Waals surface area contributed by atoms with Gasteiger partial charge in [0, 0.05) is 6.04 Å². The van der Waals surface area contributed by atoms with Crippen molar-refractivity contribution in [3.05, 3.63) is 53.6 Å². The molecule has 0 aromatic heterocycles. The molecule has 8 heteroatoms. The van der Waals surface area contributed by atoms with E-state index in [0.717, 1.165) is 24.0 Å². The van der Waals surface area contributed by atoms with Crippen molar-refractivity contribution < 1.29 is 23.4 Å². The molecule has 4 N–H and O–H groups in total. The van der Waals surface area contributed by atoms with Crippen molar-refractivity contribution in [2.24, 2.45) is 0 Å². The Hall–Kier alpha value is -2.29. The van der Waals surface area contributed by atoms with E-state index in [1.807, 2.05) is 31.2 Å². The first-order valence-corrected chi connectivity index (χ1v) is 10.4. The molecule has 2 rings (SSSR count). The molecular formula is C19H26N2O5S. The van der Waals surface area contributed by atoms with E-state index in [4.69, 9.17) is 4.74 Å². The van der Waals surface area contributed by atoms with Crippen LogP contribution < -0.4 is 14.8 Å². The molecule has 0 aliphatic carbocycles. The molecule has 0 heterocycles. The molecule has 2 atom stereocenters. The molecule has 27 heavy (non-hydrogen) atoms. The van der Waals surface area contributed by atoms with Crippen LogP contribution in [0.4, 0.5) is 5.69 Å². The summed E-state index contributed by atoms with van der Waals surface area (Å²) in [7, 11) is -1.86. The first kappa shape index (κ1) is 21.0. The van der Waals surface area contributed by atoms with E-state index in [-0.39, 0.29) is 17.5 Å². The molecule has 0 unspecified atom stereocenters. The first-order valence-electron chi connectivity index (χ1n) is 8.54. The van der Waals surface area contributed by atoms with Gasteiger partial charge in [-0.05, 0) is 55.3 Å². The number of benzene rings is 2. The van der Waals surface area contributed by atoms with Crippen LogP contribution in [0.15, 0.2) is 42.5 Å². The number of aliphatic hydroxyl groups excluding tert-OH is 1. The highest BCUT2D eigenvalue weighted by Gasteiger charge is 2.18. The Labute approximate surface area is 160 Å². The molecule has 0 radical (unpaired) electrons. The third-order valence-corrected chi connectivity index (χ3v) is 4.76. The lowest BCUT2D eigenvalue weighted by Crippen LogP contribution is -2.33. The molecule has 0 spiro atoms. The maximum atomic E-state index is 11.3. The van der Waals surface area contributed by atoms with Gasteiger partial charge in [0.1, 0.15) is 11.5 Å². The van der Waals surface area contributed by atoms with Crippen molar-refractivity contribution in [2.75, 3.05) is 24.6 Å². The van der Waals surface area contributed by atoms with E-state index in [9.17, 15) is 18.6 Å². The summed E-state index contributed by atoms with van der Waals surface area (Å²) in [6, 6.07) is 11.9. The highest BCUT2D eigenvalue weighted by atomic mass is 32.2. The number of phenols is 1. The summed E-state index contributed by atoms with van der Waals surface area (Å²) in [4.78, 5) is 0. The van der Waals surface area contributed by atoms with Gasteiger partial charge in [-0.2, -0.15) is 0 Å². The smallest absolute Gasteiger partial charge is 0.229 e. The Balaban J connectivity index is 1.91. The fraction of sp³-hybridized carbons (Fsp3) is 0.368. The van der Waals surface area contributed by atoms with Crippen LogP contribution in [0.25, 0.3) is 0 Å². The Kier molecular flexibility index (Phi) is 7.06. The number of nitrogens with one attached hydrogen (secondary N) is 2.